The van der Waals surface area contributed by atoms with E-state index in [2.05, 4.69) is 0 Å². The Bertz CT molecular complexity index is 697. The van der Waals surface area contributed by atoms with E-state index < -0.39 is 28.3 Å². The van der Waals surface area contributed by atoms with Gasteiger partial charge in [-0.2, -0.15) is 0 Å². The lowest BCUT2D eigenvalue weighted by Crippen LogP contribution is -2.37. The summed E-state index contributed by atoms with van der Waals surface area (Å²) < 4.78 is 23.2. The first-order valence-electron chi connectivity index (χ1n) is 6.22. The van der Waals surface area contributed by atoms with Crippen molar-refractivity contribution in [2.24, 2.45) is 0 Å². The number of nitrogens with zero attached hydrogens (tertiary/aromatic N) is 1. The van der Waals surface area contributed by atoms with Gasteiger partial charge in [-0.15, -0.1) is 0 Å². The molecule has 0 atom stereocenters. The van der Waals surface area contributed by atoms with Gasteiger partial charge in [0.25, 0.3) is 5.91 Å². The van der Waals surface area contributed by atoms with E-state index in [1.165, 1.54) is 23.1 Å². The second-order valence-electron chi connectivity index (χ2n) is 4.98. The molecule has 0 aromatic heterocycles. The number of amides is 1. The van der Waals surface area contributed by atoms with E-state index in [1.807, 2.05) is 0 Å². The molecule has 1 N–H and O–H groups in total. The monoisotopic (exact) mass is 331 g/mol. The van der Waals surface area contributed by atoms with Crippen molar-refractivity contribution in [3.8, 4) is 0 Å². The summed E-state index contributed by atoms with van der Waals surface area (Å²) in [5, 5.41) is 8.91. The minimum atomic E-state index is -3.56. The molecule has 1 amide bonds. The molecule has 1 fully saturated rings. The summed E-state index contributed by atoms with van der Waals surface area (Å²) in [4.78, 5) is 24.3. The minimum absolute atomic E-state index is 0.0326. The van der Waals surface area contributed by atoms with Crippen LogP contribution >= 0.6 is 11.6 Å². The van der Waals surface area contributed by atoms with Crippen molar-refractivity contribution in [2.45, 2.75) is 23.8 Å². The molecule has 0 aliphatic heterocycles. The van der Waals surface area contributed by atoms with E-state index in [0.717, 1.165) is 19.1 Å². The third-order valence-corrected chi connectivity index (χ3v) is 4.71. The van der Waals surface area contributed by atoms with Crippen LogP contribution < -0.4 is 0 Å². The molecule has 0 saturated heterocycles. The van der Waals surface area contributed by atoms with Crippen molar-refractivity contribution >= 4 is 33.3 Å². The average Bonchev–Trinajstić information content (AvgIpc) is 3.18. The smallest absolute Gasteiger partial charge is 0.323 e. The Hall–Kier alpha value is -1.60. The Balaban J connectivity index is 2.36. The van der Waals surface area contributed by atoms with Gasteiger partial charge in [0.2, 0.25) is 0 Å². The third kappa shape index (κ3) is 3.74. The first-order valence-corrected chi connectivity index (χ1v) is 8.49. The Labute approximate surface area is 127 Å². The van der Waals surface area contributed by atoms with Gasteiger partial charge in [0.15, 0.2) is 9.84 Å². The Morgan fingerprint density at radius 2 is 2.00 bits per heavy atom. The number of sulfone groups is 1. The minimum Gasteiger partial charge on any atom is -0.480 e. The molecule has 2 rings (SSSR count). The number of carboxylic acids is 1. The van der Waals surface area contributed by atoms with Gasteiger partial charge in [0.1, 0.15) is 6.54 Å². The van der Waals surface area contributed by atoms with Crippen LogP contribution in [0.1, 0.15) is 23.2 Å². The van der Waals surface area contributed by atoms with Crippen molar-refractivity contribution < 1.29 is 23.1 Å². The molecule has 114 valence electrons. The number of carbonyl (C=O) groups excluding carboxylic acids is 1. The van der Waals surface area contributed by atoms with Gasteiger partial charge in [-0.1, -0.05) is 11.6 Å². The summed E-state index contributed by atoms with van der Waals surface area (Å²) in [5.41, 5.74) is 0.118. The normalized spacial score (nSPS) is 14.8. The number of hydrogen-bond acceptors (Lipinski definition) is 4. The second-order valence-corrected chi connectivity index (χ2v) is 7.37. The van der Waals surface area contributed by atoms with Gasteiger partial charge in [0.05, 0.1) is 9.92 Å². The molecule has 6 nitrogen and oxygen atoms in total. The standard InChI is InChI=1S/C13H14ClNO5S/c1-21(19,20)11-6-8(2-5-10(11)14)13(18)15(7-12(16)17)9-3-4-9/h2,5-6,9H,3-4,7H2,1H3,(H,16,17). The van der Waals surface area contributed by atoms with Crippen LogP contribution in [0, 0.1) is 0 Å². The largest absolute Gasteiger partial charge is 0.480 e. The molecule has 1 aromatic rings. The molecule has 1 aromatic carbocycles. The molecule has 0 unspecified atom stereocenters. The molecule has 1 aliphatic rings. The number of halogens is 1. The van der Waals surface area contributed by atoms with Crippen molar-refractivity contribution in [1.29, 1.82) is 0 Å². The van der Waals surface area contributed by atoms with Crippen LogP contribution in [0.5, 0.6) is 0 Å². The summed E-state index contributed by atoms with van der Waals surface area (Å²) in [6.07, 6.45) is 2.51. The maximum atomic E-state index is 12.4. The zero-order valence-corrected chi connectivity index (χ0v) is 12.8. The lowest BCUT2D eigenvalue weighted by molar-refractivity contribution is -0.137. The Morgan fingerprint density at radius 1 is 1.38 bits per heavy atom. The van der Waals surface area contributed by atoms with Crippen LogP contribution in [-0.4, -0.2) is 49.1 Å². The average molecular weight is 332 g/mol. The summed E-state index contributed by atoms with van der Waals surface area (Å²) in [7, 11) is -3.56. The van der Waals surface area contributed by atoms with E-state index in [9.17, 15) is 18.0 Å². The van der Waals surface area contributed by atoms with E-state index in [4.69, 9.17) is 16.7 Å². The van der Waals surface area contributed by atoms with Gasteiger partial charge >= 0.3 is 5.97 Å². The van der Waals surface area contributed by atoms with E-state index in [0.29, 0.717) is 0 Å². The summed E-state index contributed by atoms with van der Waals surface area (Å²) in [6.45, 7) is -0.402. The van der Waals surface area contributed by atoms with Crippen molar-refractivity contribution in [2.75, 3.05) is 12.8 Å². The first kappa shape index (κ1) is 15.8. The molecule has 21 heavy (non-hydrogen) atoms. The summed E-state index contributed by atoms with van der Waals surface area (Å²) in [5.74, 6) is -1.60. The predicted octanol–water partition coefficient (Wildman–Crippen LogP) is 1.43. The Kier molecular flexibility index (Phi) is 4.25. The maximum Gasteiger partial charge on any atom is 0.323 e. The predicted molar refractivity (Wildman–Crippen MR) is 76.3 cm³/mol. The molecule has 1 saturated carbocycles. The molecule has 0 radical (unpaired) electrons. The van der Waals surface area contributed by atoms with Crippen molar-refractivity contribution in [3.63, 3.8) is 0 Å². The molecular formula is C13H14ClNO5S. The van der Waals surface area contributed by atoms with Gasteiger partial charge in [-0.05, 0) is 31.0 Å². The van der Waals surface area contributed by atoms with Crippen LogP contribution in [0.2, 0.25) is 5.02 Å². The highest BCUT2D eigenvalue weighted by atomic mass is 35.5. The summed E-state index contributed by atoms with van der Waals surface area (Å²) >= 11 is 5.83. The number of rotatable bonds is 5. The van der Waals surface area contributed by atoms with Crippen LogP contribution in [0.25, 0.3) is 0 Å². The quantitative estimate of drug-likeness (QED) is 0.881. The van der Waals surface area contributed by atoms with Crippen molar-refractivity contribution in [1.82, 2.24) is 4.90 Å². The van der Waals surface area contributed by atoms with Crippen LogP contribution in [-0.2, 0) is 14.6 Å². The lowest BCUT2D eigenvalue weighted by Gasteiger charge is -2.20. The van der Waals surface area contributed by atoms with Gasteiger partial charge in [-0.3, -0.25) is 9.59 Å². The van der Waals surface area contributed by atoms with E-state index in [-0.39, 0.29) is 21.5 Å². The highest BCUT2D eigenvalue weighted by molar-refractivity contribution is 7.90. The molecule has 8 heteroatoms. The fraction of sp³-hybridized carbons (Fsp3) is 0.385. The Morgan fingerprint density at radius 3 is 2.48 bits per heavy atom. The molecular weight excluding hydrogens is 318 g/mol. The van der Waals surface area contributed by atoms with Gasteiger partial charge < -0.3 is 10.0 Å². The highest BCUT2D eigenvalue weighted by Crippen LogP contribution is 2.29. The summed E-state index contributed by atoms with van der Waals surface area (Å²) in [6, 6.07) is 3.83. The fourth-order valence-electron chi connectivity index (χ4n) is 1.99. The molecule has 0 spiro atoms. The molecule has 0 bridgehead atoms. The zero-order valence-electron chi connectivity index (χ0n) is 11.2. The van der Waals surface area contributed by atoms with Crippen LogP contribution in [0.15, 0.2) is 23.1 Å². The molecule has 1 aliphatic carbocycles. The lowest BCUT2D eigenvalue weighted by atomic mass is 10.2. The number of carboxylic acid groups (broad SMARTS) is 1. The first-order chi connectivity index (χ1) is 9.70. The fourth-order valence-corrected chi connectivity index (χ4v) is 3.29. The van der Waals surface area contributed by atoms with Crippen molar-refractivity contribution in [3.05, 3.63) is 28.8 Å². The number of hydrogen-bond donors (Lipinski definition) is 1. The number of aliphatic carboxylic acids is 1. The number of carbonyl (C=O) groups is 2. The highest BCUT2D eigenvalue weighted by Gasteiger charge is 2.34. The SMILES string of the molecule is CS(=O)(=O)c1cc(C(=O)N(CC(=O)O)C2CC2)ccc1Cl. The maximum absolute atomic E-state index is 12.4. The van der Waals surface area contributed by atoms with Gasteiger partial charge in [0, 0.05) is 17.9 Å². The molecule has 0 heterocycles. The van der Waals surface area contributed by atoms with Gasteiger partial charge in [-0.25, -0.2) is 8.42 Å². The van der Waals surface area contributed by atoms with Crippen LogP contribution in [0.4, 0.5) is 0 Å². The second kappa shape index (κ2) is 5.65. The van der Waals surface area contributed by atoms with E-state index >= 15 is 0 Å². The third-order valence-electron chi connectivity index (χ3n) is 3.13. The van der Waals surface area contributed by atoms with Crippen LogP contribution in [0.3, 0.4) is 0 Å². The van der Waals surface area contributed by atoms with E-state index in [1.54, 1.807) is 0 Å². The zero-order chi connectivity index (χ0) is 15.8. The number of benzene rings is 1. The topological polar surface area (TPSA) is 91.8 Å².